The topological polar surface area (TPSA) is 48.1 Å². The summed E-state index contributed by atoms with van der Waals surface area (Å²) in [6.07, 6.45) is 1.84. The number of fused-ring (bicyclic) bond motifs is 1. The zero-order valence-electron chi connectivity index (χ0n) is 12.2. The molecule has 0 spiro atoms. The van der Waals surface area contributed by atoms with Gasteiger partial charge in [-0.1, -0.05) is 35.9 Å². The third-order valence-electron chi connectivity index (χ3n) is 3.69. The molecule has 1 atom stereocenters. The lowest BCUT2D eigenvalue weighted by atomic mass is 9.97. The highest BCUT2D eigenvalue weighted by Gasteiger charge is 2.15. The molecular weight excluding hydrogens is 260 g/mol. The second kappa shape index (κ2) is 5.54. The highest BCUT2D eigenvalue weighted by molar-refractivity contribution is 5.79. The van der Waals surface area contributed by atoms with Gasteiger partial charge in [0.1, 0.15) is 5.75 Å². The molecule has 0 aliphatic heterocycles. The van der Waals surface area contributed by atoms with Crippen molar-refractivity contribution in [2.45, 2.75) is 13.0 Å². The second-order valence-corrected chi connectivity index (χ2v) is 5.18. The maximum Gasteiger partial charge on any atom is 0.123 e. The van der Waals surface area contributed by atoms with Crippen molar-refractivity contribution in [1.82, 2.24) is 4.98 Å². The largest absolute Gasteiger partial charge is 0.496 e. The number of methoxy groups -OCH3 is 1. The van der Waals surface area contributed by atoms with E-state index < -0.39 is 0 Å². The Hall–Kier alpha value is -2.39. The van der Waals surface area contributed by atoms with E-state index >= 15 is 0 Å². The molecule has 3 aromatic rings. The Labute approximate surface area is 124 Å². The molecule has 1 unspecified atom stereocenters. The molecule has 0 amide bonds. The molecule has 0 saturated carbocycles. The van der Waals surface area contributed by atoms with Crippen molar-refractivity contribution in [3.8, 4) is 5.75 Å². The van der Waals surface area contributed by atoms with E-state index in [1.54, 1.807) is 7.11 Å². The smallest absolute Gasteiger partial charge is 0.123 e. The number of aryl methyl sites for hydroxylation is 1. The standard InChI is InChI=1S/C18H18N2O/c1-12-7-8-17(21-2)15(9-12)18(19)14-10-13-5-3-4-6-16(13)20-11-14/h3-11,18H,19H2,1-2H3. The Bertz CT molecular complexity index is 783. The monoisotopic (exact) mass is 278 g/mol. The number of ether oxygens (including phenoxy) is 1. The third kappa shape index (κ3) is 2.60. The van der Waals surface area contributed by atoms with Crippen LogP contribution in [0.2, 0.25) is 0 Å². The quantitative estimate of drug-likeness (QED) is 0.796. The van der Waals surface area contributed by atoms with Crippen LogP contribution in [-0.4, -0.2) is 12.1 Å². The number of hydrogen-bond acceptors (Lipinski definition) is 3. The van der Waals surface area contributed by atoms with E-state index in [1.165, 1.54) is 0 Å². The van der Waals surface area contributed by atoms with Gasteiger partial charge in [-0.15, -0.1) is 0 Å². The van der Waals surface area contributed by atoms with Gasteiger partial charge in [-0.05, 0) is 30.7 Å². The van der Waals surface area contributed by atoms with Crippen LogP contribution in [0.3, 0.4) is 0 Å². The molecule has 106 valence electrons. The van der Waals surface area contributed by atoms with Crippen molar-refractivity contribution in [2.24, 2.45) is 5.73 Å². The maximum atomic E-state index is 6.43. The lowest BCUT2D eigenvalue weighted by Crippen LogP contribution is -2.13. The van der Waals surface area contributed by atoms with Crippen LogP contribution in [-0.2, 0) is 0 Å². The number of hydrogen-bond donors (Lipinski definition) is 1. The average Bonchev–Trinajstić information content (AvgIpc) is 2.53. The van der Waals surface area contributed by atoms with Gasteiger partial charge in [0.05, 0.1) is 18.7 Å². The van der Waals surface area contributed by atoms with Crippen molar-refractivity contribution >= 4 is 10.9 Å². The molecule has 3 heteroatoms. The number of para-hydroxylation sites is 1. The van der Waals surface area contributed by atoms with E-state index in [-0.39, 0.29) is 6.04 Å². The Morgan fingerprint density at radius 2 is 1.90 bits per heavy atom. The van der Waals surface area contributed by atoms with Gasteiger partial charge in [0.15, 0.2) is 0 Å². The molecule has 3 nitrogen and oxygen atoms in total. The molecule has 0 radical (unpaired) electrons. The molecule has 0 fully saturated rings. The van der Waals surface area contributed by atoms with Crippen LogP contribution < -0.4 is 10.5 Å². The van der Waals surface area contributed by atoms with Gasteiger partial charge in [0, 0.05) is 17.1 Å². The predicted molar refractivity (Wildman–Crippen MR) is 85.5 cm³/mol. The van der Waals surface area contributed by atoms with Crippen LogP contribution >= 0.6 is 0 Å². The fourth-order valence-electron chi connectivity index (χ4n) is 2.53. The first-order valence-electron chi connectivity index (χ1n) is 6.94. The number of rotatable bonds is 3. The first-order chi connectivity index (χ1) is 10.2. The average molecular weight is 278 g/mol. The molecule has 0 aliphatic carbocycles. The summed E-state index contributed by atoms with van der Waals surface area (Å²) in [6.45, 7) is 2.05. The minimum absolute atomic E-state index is 0.253. The van der Waals surface area contributed by atoms with Crippen LogP contribution in [0.15, 0.2) is 54.7 Å². The fraction of sp³-hybridized carbons (Fsp3) is 0.167. The lowest BCUT2D eigenvalue weighted by molar-refractivity contribution is 0.407. The van der Waals surface area contributed by atoms with E-state index in [2.05, 4.69) is 17.1 Å². The molecule has 21 heavy (non-hydrogen) atoms. The third-order valence-corrected chi connectivity index (χ3v) is 3.69. The number of nitrogens with two attached hydrogens (primary N) is 1. The Morgan fingerprint density at radius 3 is 2.71 bits per heavy atom. The molecule has 1 aromatic heterocycles. The molecule has 0 saturated heterocycles. The Kier molecular flexibility index (Phi) is 3.59. The minimum Gasteiger partial charge on any atom is -0.496 e. The van der Waals surface area contributed by atoms with Crippen LogP contribution in [0.4, 0.5) is 0 Å². The molecular formula is C18H18N2O. The molecule has 2 aromatic carbocycles. The zero-order chi connectivity index (χ0) is 14.8. The summed E-state index contributed by atoms with van der Waals surface area (Å²) in [4.78, 5) is 4.48. The zero-order valence-corrected chi connectivity index (χ0v) is 12.2. The summed E-state index contributed by atoms with van der Waals surface area (Å²) in [5.41, 5.74) is 10.5. The first-order valence-corrected chi connectivity index (χ1v) is 6.94. The van der Waals surface area contributed by atoms with Gasteiger partial charge in [0.25, 0.3) is 0 Å². The van der Waals surface area contributed by atoms with Crippen molar-refractivity contribution < 1.29 is 4.74 Å². The van der Waals surface area contributed by atoms with Crippen LogP contribution in [0.5, 0.6) is 5.75 Å². The van der Waals surface area contributed by atoms with Crippen molar-refractivity contribution in [2.75, 3.05) is 7.11 Å². The summed E-state index contributed by atoms with van der Waals surface area (Å²) in [7, 11) is 1.67. The summed E-state index contributed by atoms with van der Waals surface area (Å²) < 4.78 is 5.43. The summed E-state index contributed by atoms with van der Waals surface area (Å²) in [6, 6.07) is 15.9. The van der Waals surface area contributed by atoms with E-state index in [1.807, 2.05) is 49.5 Å². The van der Waals surface area contributed by atoms with Crippen LogP contribution in [0.25, 0.3) is 10.9 Å². The van der Waals surface area contributed by atoms with Crippen LogP contribution in [0.1, 0.15) is 22.7 Å². The molecule has 0 aliphatic rings. The summed E-state index contributed by atoms with van der Waals surface area (Å²) in [5.74, 6) is 0.807. The normalized spacial score (nSPS) is 12.3. The second-order valence-electron chi connectivity index (χ2n) is 5.18. The van der Waals surface area contributed by atoms with Gasteiger partial charge in [-0.3, -0.25) is 4.98 Å². The number of nitrogens with zero attached hydrogens (tertiary/aromatic N) is 1. The minimum atomic E-state index is -0.253. The predicted octanol–water partition coefficient (Wildman–Crippen LogP) is 3.60. The van der Waals surface area contributed by atoms with Gasteiger partial charge < -0.3 is 10.5 Å². The first kappa shape index (κ1) is 13.6. The Morgan fingerprint density at radius 1 is 1.10 bits per heavy atom. The highest BCUT2D eigenvalue weighted by atomic mass is 16.5. The molecule has 2 N–H and O–H groups in total. The fourth-order valence-corrected chi connectivity index (χ4v) is 2.53. The summed E-state index contributed by atoms with van der Waals surface area (Å²) in [5, 5.41) is 1.09. The Balaban J connectivity index is 2.07. The highest BCUT2D eigenvalue weighted by Crippen LogP contribution is 2.30. The molecule has 3 rings (SSSR count). The molecule has 0 bridgehead atoms. The molecule has 1 heterocycles. The maximum absolute atomic E-state index is 6.43. The van der Waals surface area contributed by atoms with E-state index in [0.717, 1.165) is 33.3 Å². The van der Waals surface area contributed by atoms with Gasteiger partial charge in [-0.25, -0.2) is 0 Å². The van der Waals surface area contributed by atoms with Gasteiger partial charge >= 0.3 is 0 Å². The van der Waals surface area contributed by atoms with E-state index in [9.17, 15) is 0 Å². The van der Waals surface area contributed by atoms with Gasteiger partial charge in [-0.2, -0.15) is 0 Å². The van der Waals surface area contributed by atoms with Crippen molar-refractivity contribution in [3.05, 3.63) is 71.4 Å². The SMILES string of the molecule is COc1ccc(C)cc1C(N)c1cnc2ccccc2c1. The van der Waals surface area contributed by atoms with E-state index in [4.69, 9.17) is 10.5 Å². The van der Waals surface area contributed by atoms with Crippen LogP contribution in [0, 0.1) is 6.92 Å². The summed E-state index contributed by atoms with van der Waals surface area (Å²) >= 11 is 0. The van der Waals surface area contributed by atoms with E-state index in [0.29, 0.717) is 0 Å². The number of pyridine rings is 1. The van der Waals surface area contributed by atoms with Gasteiger partial charge in [0.2, 0.25) is 0 Å². The van der Waals surface area contributed by atoms with Crippen molar-refractivity contribution in [3.63, 3.8) is 0 Å². The van der Waals surface area contributed by atoms with Crippen molar-refractivity contribution in [1.29, 1.82) is 0 Å². The lowest BCUT2D eigenvalue weighted by Gasteiger charge is -2.17. The number of benzene rings is 2. The number of aromatic nitrogens is 1.